The van der Waals surface area contributed by atoms with E-state index >= 15 is 0 Å². The molecule has 0 N–H and O–H groups in total. The van der Waals surface area contributed by atoms with E-state index in [1.807, 2.05) is 0 Å². The molecule has 0 aliphatic rings. The van der Waals surface area contributed by atoms with Gasteiger partial charge in [0.15, 0.2) is 0 Å². The largest absolute Gasteiger partial charge is 0.0654 e. The van der Waals surface area contributed by atoms with Gasteiger partial charge in [0.1, 0.15) is 0 Å². The quantitative estimate of drug-likeness (QED) is 0.408. The summed E-state index contributed by atoms with van der Waals surface area (Å²) < 4.78 is 0. The Balaban J connectivity index is 2.13. The van der Waals surface area contributed by atoms with E-state index < -0.39 is 0 Å². The second-order valence-corrected chi connectivity index (χ2v) is 5.79. The van der Waals surface area contributed by atoms with Gasteiger partial charge in [-0.15, -0.1) is 0 Å². The molecule has 1 rings (SSSR count). The zero-order valence-electron chi connectivity index (χ0n) is 13.1. The molecule has 0 radical (unpaired) electrons. The van der Waals surface area contributed by atoms with Crippen LogP contribution in [0.25, 0.3) is 0 Å². The molecule has 0 saturated heterocycles. The Bertz CT molecular complexity index is 296. The van der Waals surface area contributed by atoms with Gasteiger partial charge in [0.2, 0.25) is 0 Å². The van der Waals surface area contributed by atoms with Crippen molar-refractivity contribution in [3.63, 3.8) is 0 Å². The lowest BCUT2D eigenvalue weighted by molar-refractivity contribution is 0.607. The Morgan fingerprint density at radius 3 is 1.42 bits per heavy atom. The Hall–Kier alpha value is -0.780. The minimum absolute atomic E-state index is 1.26. The monoisotopic (exact) mass is 260 g/mol. The van der Waals surface area contributed by atoms with Gasteiger partial charge >= 0.3 is 0 Å². The van der Waals surface area contributed by atoms with Gasteiger partial charge in [-0.3, -0.25) is 0 Å². The zero-order chi connectivity index (χ0) is 13.8. The lowest BCUT2D eigenvalue weighted by Gasteiger charge is -2.04. The summed E-state index contributed by atoms with van der Waals surface area (Å²) in [5.41, 5.74) is 3.04. The second-order valence-electron chi connectivity index (χ2n) is 5.79. The summed E-state index contributed by atoms with van der Waals surface area (Å²) >= 11 is 0. The number of hydrogen-bond donors (Lipinski definition) is 0. The minimum atomic E-state index is 1.26. The van der Waals surface area contributed by atoms with E-state index in [9.17, 15) is 0 Å². The van der Waals surface area contributed by atoms with Gasteiger partial charge < -0.3 is 0 Å². The smallest absolute Gasteiger partial charge is 0.0279 e. The first-order valence-corrected chi connectivity index (χ1v) is 8.44. The molecule has 0 aromatic heterocycles. The Morgan fingerprint density at radius 1 is 0.526 bits per heavy atom. The molecule has 0 atom stereocenters. The average molecular weight is 260 g/mol. The highest BCUT2D eigenvalue weighted by molar-refractivity contribution is 5.22. The molecule has 0 fully saturated rings. The fraction of sp³-hybridized carbons (Fsp3) is 0.684. The molecule has 0 aliphatic carbocycles. The lowest BCUT2D eigenvalue weighted by Crippen LogP contribution is -1.89. The molecular formula is C19H32. The van der Waals surface area contributed by atoms with Crippen LogP contribution < -0.4 is 0 Å². The summed E-state index contributed by atoms with van der Waals surface area (Å²) in [5, 5.41) is 0. The number of rotatable bonds is 11. The Kier molecular flexibility index (Phi) is 9.49. The van der Waals surface area contributed by atoms with Crippen molar-refractivity contribution in [3.8, 4) is 0 Å². The highest BCUT2D eigenvalue weighted by atomic mass is 14.0. The van der Waals surface area contributed by atoms with Crippen LogP contribution in [0.5, 0.6) is 0 Å². The van der Waals surface area contributed by atoms with Crippen molar-refractivity contribution in [3.05, 3.63) is 35.4 Å². The van der Waals surface area contributed by atoms with Crippen molar-refractivity contribution in [1.82, 2.24) is 0 Å². The highest BCUT2D eigenvalue weighted by Crippen LogP contribution is 2.12. The van der Waals surface area contributed by atoms with E-state index in [2.05, 4.69) is 38.1 Å². The second kappa shape index (κ2) is 11.1. The summed E-state index contributed by atoms with van der Waals surface area (Å²) in [6, 6.07) is 9.35. The maximum atomic E-state index is 2.34. The highest BCUT2D eigenvalue weighted by Gasteiger charge is 1.96. The Labute approximate surface area is 120 Å². The summed E-state index contributed by atoms with van der Waals surface area (Å²) in [6.07, 6.45) is 14.9. The molecule has 0 spiro atoms. The third-order valence-corrected chi connectivity index (χ3v) is 3.91. The summed E-state index contributed by atoms with van der Waals surface area (Å²) in [5.74, 6) is 0. The average Bonchev–Trinajstić information content (AvgIpc) is 2.44. The van der Waals surface area contributed by atoms with Crippen molar-refractivity contribution < 1.29 is 0 Å². The summed E-state index contributed by atoms with van der Waals surface area (Å²) in [7, 11) is 0. The van der Waals surface area contributed by atoms with Crippen molar-refractivity contribution in [1.29, 1.82) is 0 Å². The molecule has 0 aliphatic heterocycles. The number of benzene rings is 1. The van der Waals surface area contributed by atoms with Crippen LogP contribution in [-0.4, -0.2) is 0 Å². The van der Waals surface area contributed by atoms with Crippen LogP contribution in [-0.2, 0) is 12.8 Å². The molecule has 19 heavy (non-hydrogen) atoms. The minimum Gasteiger partial charge on any atom is -0.0654 e. The molecule has 108 valence electrons. The van der Waals surface area contributed by atoms with Crippen LogP contribution in [0.2, 0.25) is 0 Å². The molecule has 0 nitrogen and oxygen atoms in total. The zero-order valence-corrected chi connectivity index (χ0v) is 13.1. The fourth-order valence-electron chi connectivity index (χ4n) is 2.56. The summed E-state index contributed by atoms with van der Waals surface area (Å²) in [4.78, 5) is 0. The SMILES string of the molecule is CCCCCCCCc1ccc(CCCCC)cc1. The van der Waals surface area contributed by atoms with Crippen molar-refractivity contribution >= 4 is 0 Å². The van der Waals surface area contributed by atoms with Gasteiger partial charge in [0, 0.05) is 0 Å². The molecule has 0 unspecified atom stereocenters. The number of aryl methyl sites for hydroxylation is 2. The third-order valence-electron chi connectivity index (χ3n) is 3.91. The van der Waals surface area contributed by atoms with E-state index in [-0.39, 0.29) is 0 Å². The molecular weight excluding hydrogens is 228 g/mol. The van der Waals surface area contributed by atoms with Crippen molar-refractivity contribution in [2.24, 2.45) is 0 Å². The molecule has 0 bridgehead atoms. The predicted molar refractivity (Wildman–Crippen MR) is 86.8 cm³/mol. The molecule has 1 aromatic carbocycles. The van der Waals surface area contributed by atoms with Crippen LogP contribution in [0, 0.1) is 0 Å². The molecule has 1 aromatic rings. The van der Waals surface area contributed by atoms with E-state index in [1.165, 1.54) is 81.8 Å². The van der Waals surface area contributed by atoms with Crippen molar-refractivity contribution in [2.45, 2.75) is 84.5 Å². The van der Waals surface area contributed by atoms with Gasteiger partial charge in [0.05, 0.1) is 0 Å². The van der Waals surface area contributed by atoms with Crippen LogP contribution in [0.4, 0.5) is 0 Å². The number of unbranched alkanes of at least 4 members (excludes halogenated alkanes) is 7. The third kappa shape index (κ3) is 8.08. The van der Waals surface area contributed by atoms with Crippen LogP contribution in [0.15, 0.2) is 24.3 Å². The standard InChI is InChI=1S/C19H32/c1-3-5-7-8-9-11-13-19-16-14-18(15-17-19)12-10-6-4-2/h14-17H,3-13H2,1-2H3. The van der Waals surface area contributed by atoms with E-state index in [1.54, 1.807) is 0 Å². The van der Waals surface area contributed by atoms with Crippen LogP contribution in [0.3, 0.4) is 0 Å². The van der Waals surface area contributed by atoms with Gasteiger partial charge in [0.25, 0.3) is 0 Å². The van der Waals surface area contributed by atoms with Crippen LogP contribution >= 0.6 is 0 Å². The first-order valence-electron chi connectivity index (χ1n) is 8.44. The Morgan fingerprint density at radius 2 is 0.895 bits per heavy atom. The van der Waals surface area contributed by atoms with Gasteiger partial charge in [-0.1, -0.05) is 83.1 Å². The topological polar surface area (TPSA) is 0 Å². The maximum Gasteiger partial charge on any atom is -0.0279 e. The summed E-state index contributed by atoms with van der Waals surface area (Å²) in [6.45, 7) is 4.55. The normalized spacial score (nSPS) is 10.8. The van der Waals surface area contributed by atoms with E-state index in [0.717, 1.165) is 0 Å². The van der Waals surface area contributed by atoms with Gasteiger partial charge in [-0.05, 0) is 36.8 Å². The molecule has 0 heteroatoms. The van der Waals surface area contributed by atoms with Crippen molar-refractivity contribution in [2.75, 3.05) is 0 Å². The van der Waals surface area contributed by atoms with Gasteiger partial charge in [-0.2, -0.15) is 0 Å². The maximum absolute atomic E-state index is 2.34. The van der Waals surface area contributed by atoms with E-state index in [4.69, 9.17) is 0 Å². The first-order chi connectivity index (χ1) is 9.36. The van der Waals surface area contributed by atoms with Crippen LogP contribution in [0.1, 0.15) is 82.8 Å². The fourth-order valence-corrected chi connectivity index (χ4v) is 2.56. The lowest BCUT2D eigenvalue weighted by atomic mass is 10.0. The van der Waals surface area contributed by atoms with E-state index in [0.29, 0.717) is 0 Å². The first kappa shape index (κ1) is 16.3. The predicted octanol–water partition coefficient (Wildman–Crippen LogP) is 6.32. The molecule has 0 saturated carbocycles. The molecule has 0 amide bonds. The number of hydrogen-bond acceptors (Lipinski definition) is 0. The molecule has 0 heterocycles. The van der Waals surface area contributed by atoms with Gasteiger partial charge in [-0.25, -0.2) is 0 Å².